The van der Waals surface area contributed by atoms with Gasteiger partial charge in [0, 0.05) is 12.6 Å². The molecule has 0 fully saturated rings. The van der Waals surface area contributed by atoms with Gasteiger partial charge in [0.25, 0.3) is 5.69 Å². The van der Waals surface area contributed by atoms with Crippen molar-refractivity contribution in [2.24, 2.45) is 0 Å². The van der Waals surface area contributed by atoms with Gasteiger partial charge in [-0.15, -0.1) is 0 Å². The zero-order valence-corrected chi connectivity index (χ0v) is 12.0. The predicted molar refractivity (Wildman–Crippen MR) is 78.0 cm³/mol. The summed E-state index contributed by atoms with van der Waals surface area (Å²) in [6, 6.07) is 3.32. The van der Waals surface area contributed by atoms with Crippen LogP contribution in [0.5, 0.6) is 0 Å². The lowest BCUT2D eigenvalue weighted by Crippen LogP contribution is -2.30. The maximum absolute atomic E-state index is 10.6. The van der Waals surface area contributed by atoms with Gasteiger partial charge in [-0.25, -0.2) is 4.98 Å². The fraction of sp³-hybridized carbons (Fsp3) is 0.308. The monoisotopic (exact) mass is 293 g/mol. The van der Waals surface area contributed by atoms with E-state index in [2.05, 4.69) is 10.3 Å². The Kier molecular flexibility index (Phi) is 4.01. The first-order valence-electron chi connectivity index (χ1n) is 6.00. The zero-order chi connectivity index (χ0) is 14.8. The number of nitrogens with zero attached hydrogens (tertiary/aromatic N) is 2. The van der Waals surface area contributed by atoms with E-state index in [9.17, 15) is 15.2 Å². The molecule has 0 bridgehead atoms. The lowest BCUT2D eigenvalue weighted by Gasteiger charge is -2.23. The standard InChI is InChI=1S/C13H15N3O3S/c1-9-5-11(16(18)19)6-14-12(9)15-8-13(2,17)10-3-4-20-7-10/h3-7,17H,8H2,1-2H3,(H,14,15)/t13-/m1/s1. The van der Waals surface area contributed by atoms with E-state index in [4.69, 9.17) is 0 Å². The van der Waals surface area contributed by atoms with Gasteiger partial charge in [-0.1, -0.05) is 0 Å². The third kappa shape index (κ3) is 3.12. The maximum atomic E-state index is 10.6. The van der Waals surface area contributed by atoms with Crippen LogP contribution in [0.4, 0.5) is 11.5 Å². The summed E-state index contributed by atoms with van der Waals surface area (Å²) in [5, 5.41) is 27.8. The van der Waals surface area contributed by atoms with Crippen LogP contribution in [-0.2, 0) is 5.60 Å². The molecule has 2 rings (SSSR count). The van der Waals surface area contributed by atoms with E-state index in [1.54, 1.807) is 13.8 Å². The molecule has 0 spiro atoms. The summed E-state index contributed by atoms with van der Waals surface area (Å²) in [7, 11) is 0. The number of aryl methyl sites for hydroxylation is 1. The van der Waals surface area contributed by atoms with E-state index >= 15 is 0 Å². The molecule has 7 heteroatoms. The number of aliphatic hydroxyl groups is 1. The molecule has 0 aliphatic rings. The first-order chi connectivity index (χ1) is 9.40. The molecule has 0 saturated heterocycles. The Balaban J connectivity index is 2.10. The largest absolute Gasteiger partial charge is 0.384 e. The highest BCUT2D eigenvalue weighted by Gasteiger charge is 2.23. The highest BCUT2D eigenvalue weighted by molar-refractivity contribution is 7.08. The number of anilines is 1. The van der Waals surface area contributed by atoms with Gasteiger partial charge in [-0.05, 0) is 41.8 Å². The van der Waals surface area contributed by atoms with Crippen molar-refractivity contribution < 1.29 is 10.0 Å². The minimum atomic E-state index is -1.02. The molecule has 6 nitrogen and oxygen atoms in total. The second-order valence-corrected chi connectivity index (χ2v) is 5.54. The van der Waals surface area contributed by atoms with Gasteiger partial charge < -0.3 is 10.4 Å². The molecule has 2 aromatic heterocycles. The van der Waals surface area contributed by atoms with Crippen LogP contribution in [0.2, 0.25) is 0 Å². The summed E-state index contributed by atoms with van der Waals surface area (Å²) in [5.41, 5.74) is 0.433. The molecule has 0 saturated carbocycles. The van der Waals surface area contributed by atoms with Crippen molar-refractivity contribution in [3.05, 3.63) is 50.3 Å². The van der Waals surface area contributed by atoms with Gasteiger partial charge in [0.1, 0.15) is 17.6 Å². The predicted octanol–water partition coefficient (Wildman–Crippen LogP) is 2.68. The Bertz CT molecular complexity index is 611. The summed E-state index contributed by atoms with van der Waals surface area (Å²) >= 11 is 1.52. The Morgan fingerprint density at radius 2 is 2.35 bits per heavy atom. The Morgan fingerprint density at radius 3 is 2.90 bits per heavy atom. The van der Waals surface area contributed by atoms with Crippen LogP contribution >= 0.6 is 11.3 Å². The van der Waals surface area contributed by atoms with Crippen molar-refractivity contribution in [1.82, 2.24) is 4.98 Å². The molecule has 106 valence electrons. The molecule has 20 heavy (non-hydrogen) atoms. The van der Waals surface area contributed by atoms with E-state index in [0.29, 0.717) is 11.4 Å². The lowest BCUT2D eigenvalue weighted by molar-refractivity contribution is -0.385. The molecular weight excluding hydrogens is 278 g/mol. The molecule has 2 N–H and O–H groups in total. The average molecular weight is 293 g/mol. The molecule has 0 radical (unpaired) electrons. The van der Waals surface area contributed by atoms with E-state index < -0.39 is 10.5 Å². The molecule has 0 amide bonds. The smallest absolute Gasteiger partial charge is 0.287 e. The molecule has 0 aromatic carbocycles. The Hall–Kier alpha value is -1.99. The maximum Gasteiger partial charge on any atom is 0.287 e. The fourth-order valence-electron chi connectivity index (χ4n) is 1.77. The highest BCUT2D eigenvalue weighted by atomic mass is 32.1. The van der Waals surface area contributed by atoms with E-state index in [1.165, 1.54) is 23.6 Å². The SMILES string of the molecule is Cc1cc([N+](=O)[O-])cnc1NC[C@@](C)(O)c1ccsc1. The first kappa shape index (κ1) is 14.4. The number of hydrogen-bond donors (Lipinski definition) is 2. The van der Waals surface area contributed by atoms with Crippen molar-refractivity contribution >= 4 is 22.8 Å². The van der Waals surface area contributed by atoms with Gasteiger partial charge in [0.2, 0.25) is 0 Å². The number of nitro groups is 1. The molecule has 2 heterocycles. The quantitative estimate of drug-likeness (QED) is 0.653. The van der Waals surface area contributed by atoms with Crippen LogP contribution in [0.15, 0.2) is 29.1 Å². The van der Waals surface area contributed by atoms with Crippen molar-refractivity contribution in [3.63, 3.8) is 0 Å². The highest BCUT2D eigenvalue weighted by Crippen LogP contribution is 2.24. The number of rotatable bonds is 5. The number of aromatic nitrogens is 1. The minimum Gasteiger partial charge on any atom is -0.384 e. The van der Waals surface area contributed by atoms with Crippen LogP contribution in [0, 0.1) is 17.0 Å². The van der Waals surface area contributed by atoms with E-state index in [-0.39, 0.29) is 12.2 Å². The average Bonchev–Trinajstić information content (AvgIpc) is 2.91. The van der Waals surface area contributed by atoms with Crippen molar-refractivity contribution in [3.8, 4) is 0 Å². The number of pyridine rings is 1. The third-order valence-electron chi connectivity index (χ3n) is 3.02. The number of nitrogens with one attached hydrogen (secondary N) is 1. The van der Waals surface area contributed by atoms with Crippen LogP contribution in [0.25, 0.3) is 0 Å². The van der Waals surface area contributed by atoms with Crippen molar-refractivity contribution in [2.75, 3.05) is 11.9 Å². The molecule has 0 unspecified atom stereocenters. The van der Waals surface area contributed by atoms with E-state index in [1.807, 2.05) is 16.8 Å². The minimum absolute atomic E-state index is 0.0438. The van der Waals surface area contributed by atoms with Gasteiger partial charge in [0.15, 0.2) is 0 Å². The van der Waals surface area contributed by atoms with Crippen LogP contribution in [-0.4, -0.2) is 21.6 Å². The lowest BCUT2D eigenvalue weighted by atomic mass is 9.99. The number of thiophene rings is 1. The summed E-state index contributed by atoms with van der Waals surface area (Å²) in [6.45, 7) is 3.72. The summed E-state index contributed by atoms with van der Waals surface area (Å²) < 4.78 is 0. The summed E-state index contributed by atoms with van der Waals surface area (Å²) in [5.74, 6) is 0.533. The van der Waals surface area contributed by atoms with E-state index in [0.717, 1.165) is 5.56 Å². The van der Waals surface area contributed by atoms with Gasteiger partial charge in [0.05, 0.1) is 4.92 Å². The Labute approximate surface area is 120 Å². The number of hydrogen-bond acceptors (Lipinski definition) is 6. The topological polar surface area (TPSA) is 88.3 Å². The zero-order valence-electron chi connectivity index (χ0n) is 11.2. The van der Waals surface area contributed by atoms with Crippen molar-refractivity contribution in [2.45, 2.75) is 19.4 Å². The van der Waals surface area contributed by atoms with Gasteiger partial charge in [-0.3, -0.25) is 10.1 Å². The molecule has 2 aromatic rings. The Morgan fingerprint density at radius 1 is 1.60 bits per heavy atom. The van der Waals surface area contributed by atoms with Crippen LogP contribution in [0.3, 0.4) is 0 Å². The fourth-order valence-corrected chi connectivity index (χ4v) is 2.56. The van der Waals surface area contributed by atoms with Gasteiger partial charge in [-0.2, -0.15) is 11.3 Å². The van der Waals surface area contributed by atoms with Crippen LogP contribution in [0.1, 0.15) is 18.1 Å². The molecule has 0 aliphatic heterocycles. The summed E-state index contributed by atoms with van der Waals surface area (Å²) in [6.07, 6.45) is 1.20. The second-order valence-electron chi connectivity index (χ2n) is 4.76. The third-order valence-corrected chi connectivity index (χ3v) is 3.70. The second kappa shape index (κ2) is 5.56. The molecular formula is C13H15N3O3S. The molecule has 0 aliphatic carbocycles. The van der Waals surface area contributed by atoms with Crippen molar-refractivity contribution in [1.29, 1.82) is 0 Å². The first-order valence-corrected chi connectivity index (χ1v) is 6.94. The molecule has 1 atom stereocenters. The van der Waals surface area contributed by atoms with Crippen LogP contribution < -0.4 is 5.32 Å². The summed E-state index contributed by atoms with van der Waals surface area (Å²) in [4.78, 5) is 14.2. The van der Waals surface area contributed by atoms with Gasteiger partial charge >= 0.3 is 0 Å². The normalized spacial score (nSPS) is 13.8.